The highest BCUT2D eigenvalue weighted by molar-refractivity contribution is 6.33. The zero-order valence-electron chi connectivity index (χ0n) is 9.70. The Hall–Kier alpha value is -1.49. The second kappa shape index (κ2) is 6.96. The molecule has 6 heteroatoms. The Bertz CT molecular complexity index is 385. The van der Waals surface area contributed by atoms with Crippen LogP contribution in [0, 0.1) is 0 Å². The van der Waals surface area contributed by atoms with Gasteiger partial charge in [0, 0.05) is 13.0 Å². The van der Waals surface area contributed by atoms with E-state index < -0.39 is 0 Å². The third-order valence-electron chi connectivity index (χ3n) is 2.02. The number of halogens is 1. The molecule has 0 fully saturated rings. The van der Waals surface area contributed by atoms with Crippen molar-refractivity contribution in [2.24, 2.45) is 0 Å². The number of carbonyl (C=O) groups is 1. The molecular weight excluding hydrogens is 242 g/mol. The van der Waals surface area contributed by atoms with Crippen molar-refractivity contribution < 1.29 is 9.53 Å². The first kappa shape index (κ1) is 13.6. The quantitative estimate of drug-likeness (QED) is 0.603. The zero-order chi connectivity index (χ0) is 12.7. The van der Waals surface area contributed by atoms with Gasteiger partial charge in [0.1, 0.15) is 5.82 Å². The number of nitrogens with one attached hydrogen (secondary N) is 1. The standard InChI is InChI=1S/C11H16ClN3O2/c1-2-17-10(16)4-3-5-14-11-9(12)6-8(13)7-15-11/h6-7H,2-5,13H2,1H3,(H,14,15). The van der Waals surface area contributed by atoms with E-state index in [1.807, 2.05) is 0 Å². The number of nitrogens with zero attached hydrogens (tertiary/aromatic N) is 1. The van der Waals surface area contributed by atoms with E-state index >= 15 is 0 Å². The average molecular weight is 258 g/mol. The SMILES string of the molecule is CCOC(=O)CCCNc1ncc(N)cc1Cl. The molecule has 17 heavy (non-hydrogen) atoms. The molecule has 0 bridgehead atoms. The van der Waals surface area contributed by atoms with Gasteiger partial charge < -0.3 is 15.8 Å². The largest absolute Gasteiger partial charge is 0.466 e. The van der Waals surface area contributed by atoms with Gasteiger partial charge in [-0.15, -0.1) is 0 Å². The van der Waals surface area contributed by atoms with E-state index in [0.29, 0.717) is 42.5 Å². The molecule has 1 rings (SSSR count). The van der Waals surface area contributed by atoms with Crippen LogP contribution < -0.4 is 11.1 Å². The predicted molar refractivity (Wildman–Crippen MR) is 68.0 cm³/mol. The van der Waals surface area contributed by atoms with Crippen LogP contribution in [0.4, 0.5) is 11.5 Å². The Morgan fingerprint density at radius 1 is 1.65 bits per heavy atom. The highest BCUT2D eigenvalue weighted by Gasteiger charge is 2.03. The van der Waals surface area contributed by atoms with Crippen molar-refractivity contribution in [2.75, 3.05) is 24.2 Å². The molecule has 0 aliphatic rings. The molecule has 0 aliphatic carbocycles. The summed E-state index contributed by atoms with van der Waals surface area (Å²) >= 11 is 5.92. The second-order valence-electron chi connectivity index (χ2n) is 3.43. The van der Waals surface area contributed by atoms with Gasteiger partial charge in [-0.3, -0.25) is 4.79 Å². The number of ether oxygens (including phenoxy) is 1. The number of anilines is 2. The number of rotatable bonds is 6. The van der Waals surface area contributed by atoms with Crippen LogP contribution in [0.1, 0.15) is 19.8 Å². The summed E-state index contributed by atoms with van der Waals surface area (Å²) in [6.45, 7) is 2.81. The van der Waals surface area contributed by atoms with E-state index in [1.165, 1.54) is 6.20 Å². The van der Waals surface area contributed by atoms with E-state index in [2.05, 4.69) is 10.3 Å². The number of carbonyl (C=O) groups excluding carboxylic acids is 1. The van der Waals surface area contributed by atoms with Crippen LogP contribution in [-0.4, -0.2) is 24.1 Å². The van der Waals surface area contributed by atoms with E-state index in [9.17, 15) is 4.79 Å². The first-order valence-electron chi connectivity index (χ1n) is 5.44. The summed E-state index contributed by atoms with van der Waals surface area (Å²) in [4.78, 5) is 15.1. The molecule has 94 valence electrons. The lowest BCUT2D eigenvalue weighted by molar-refractivity contribution is -0.143. The molecule has 0 unspecified atom stereocenters. The number of hydrogen-bond acceptors (Lipinski definition) is 5. The third kappa shape index (κ3) is 4.91. The predicted octanol–water partition coefficient (Wildman–Crippen LogP) is 2.07. The fourth-order valence-electron chi connectivity index (χ4n) is 1.26. The smallest absolute Gasteiger partial charge is 0.305 e. The van der Waals surface area contributed by atoms with Crippen molar-refractivity contribution in [1.82, 2.24) is 4.98 Å². The number of nitrogen functional groups attached to an aromatic ring is 1. The lowest BCUT2D eigenvalue weighted by Crippen LogP contribution is -2.09. The molecule has 0 amide bonds. The van der Waals surface area contributed by atoms with Crippen LogP contribution in [0.15, 0.2) is 12.3 Å². The van der Waals surface area contributed by atoms with Gasteiger partial charge in [0.25, 0.3) is 0 Å². The molecule has 0 atom stereocenters. The molecule has 1 aromatic heterocycles. The van der Waals surface area contributed by atoms with Gasteiger partial charge in [-0.1, -0.05) is 11.6 Å². The second-order valence-corrected chi connectivity index (χ2v) is 3.84. The number of nitrogens with two attached hydrogens (primary N) is 1. The van der Waals surface area contributed by atoms with Gasteiger partial charge in [0.2, 0.25) is 0 Å². The van der Waals surface area contributed by atoms with Gasteiger partial charge >= 0.3 is 5.97 Å². The number of hydrogen-bond donors (Lipinski definition) is 2. The first-order valence-corrected chi connectivity index (χ1v) is 5.81. The van der Waals surface area contributed by atoms with E-state index in [4.69, 9.17) is 22.1 Å². The minimum Gasteiger partial charge on any atom is -0.466 e. The Morgan fingerprint density at radius 2 is 2.41 bits per heavy atom. The van der Waals surface area contributed by atoms with Gasteiger partial charge in [0.05, 0.1) is 23.5 Å². The normalized spacial score (nSPS) is 10.0. The lowest BCUT2D eigenvalue weighted by atomic mass is 10.3. The molecule has 0 saturated heterocycles. The van der Waals surface area contributed by atoms with Gasteiger partial charge in [0.15, 0.2) is 0 Å². The van der Waals surface area contributed by atoms with E-state index in [1.54, 1.807) is 13.0 Å². The van der Waals surface area contributed by atoms with Gasteiger partial charge in [-0.2, -0.15) is 0 Å². The minimum absolute atomic E-state index is 0.189. The Balaban J connectivity index is 2.29. The van der Waals surface area contributed by atoms with E-state index in [-0.39, 0.29) is 5.97 Å². The summed E-state index contributed by atoms with van der Waals surface area (Å²) in [6.07, 6.45) is 2.58. The average Bonchev–Trinajstić information content (AvgIpc) is 2.27. The highest BCUT2D eigenvalue weighted by atomic mass is 35.5. The van der Waals surface area contributed by atoms with Gasteiger partial charge in [-0.25, -0.2) is 4.98 Å². The molecule has 1 heterocycles. The summed E-state index contributed by atoms with van der Waals surface area (Å²) in [5, 5.41) is 3.50. The summed E-state index contributed by atoms with van der Waals surface area (Å²) < 4.78 is 4.81. The molecule has 0 spiro atoms. The molecule has 0 saturated carbocycles. The first-order chi connectivity index (χ1) is 8.13. The van der Waals surface area contributed by atoms with Crippen LogP contribution in [0.3, 0.4) is 0 Å². The van der Waals surface area contributed by atoms with Crippen molar-refractivity contribution in [2.45, 2.75) is 19.8 Å². The maximum absolute atomic E-state index is 11.1. The number of aromatic nitrogens is 1. The Kier molecular flexibility index (Phi) is 5.56. The lowest BCUT2D eigenvalue weighted by Gasteiger charge is -2.07. The summed E-state index contributed by atoms with van der Waals surface area (Å²) in [7, 11) is 0. The summed E-state index contributed by atoms with van der Waals surface area (Å²) in [5.74, 6) is 0.385. The molecule has 3 N–H and O–H groups in total. The topological polar surface area (TPSA) is 77.2 Å². The minimum atomic E-state index is -0.189. The molecule has 1 aromatic rings. The fraction of sp³-hybridized carbons (Fsp3) is 0.455. The van der Waals surface area contributed by atoms with Crippen molar-refractivity contribution in [3.8, 4) is 0 Å². The maximum Gasteiger partial charge on any atom is 0.305 e. The molecular formula is C11H16ClN3O2. The summed E-state index contributed by atoms with van der Waals surface area (Å²) in [6, 6.07) is 1.63. The number of esters is 1. The van der Waals surface area contributed by atoms with Gasteiger partial charge in [-0.05, 0) is 19.4 Å². The Morgan fingerprint density at radius 3 is 3.06 bits per heavy atom. The monoisotopic (exact) mass is 257 g/mol. The van der Waals surface area contributed by atoms with Crippen molar-refractivity contribution in [3.63, 3.8) is 0 Å². The molecule has 5 nitrogen and oxygen atoms in total. The zero-order valence-corrected chi connectivity index (χ0v) is 10.5. The number of pyridine rings is 1. The third-order valence-corrected chi connectivity index (χ3v) is 2.31. The molecule has 0 aliphatic heterocycles. The van der Waals surface area contributed by atoms with Crippen molar-refractivity contribution in [1.29, 1.82) is 0 Å². The van der Waals surface area contributed by atoms with Crippen LogP contribution in [-0.2, 0) is 9.53 Å². The summed E-state index contributed by atoms with van der Waals surface area (Å²) in [5.41, 5.74) is 6.04. The highest BCUT2D eigenvalue weighted by Crippen LogP contribution is 2.20. The van der Waals surface area contributed by atoms with Crippen molar-refractivity contribution >= 4 is 29.1 Å². The van der Waals surface area contributed by atoms with Crippen LogP contribution in [0.25, 0.3) is 0 Å². The fourth-order valence-corrected chi connectivity index (χ4v) is 1.50. The van der Waals surface area contributed by atoms with Crippen molar-refractivity contribution in [3.05, 3.63) is 17.3 Å². The molecule has 0 aromatic carbocycles. The van der Waals surface area contributed by atoms with Crippen LogP contribution in [0.2, 0.25) is 5.02 Å². The van der Waals surface area contributed by atoms with Crippen LogP contribution >= 0.6 is 11.6 Å². The Labute approximate surface area is 105 Å². The van der Waals surface area contributed by atoms with E-state index in [0.717, 1.165) is 0 Å². The van der Waals surface area contributed by atoms with Crippen LogP contribution in [0.5, 0.6) is 0 Å². The molecule has 0 radical (unpaired) electrons. The maximum atomic E-state index is 11.1.